The molecule has 0 saturated carbocycles. The Morgan fingerprint density at radius 3 is 2.57 bits per heavy atom. The number of hydrogen-bond donors (Lipinski definition) is 1. The maximum atomic E-state index is 12.9. The van der Waals surface area contributed by atoms with Gasteiger partial charge in [-0.3, -0.25) is 14.6 Å². The number of halogens is 1. The first kappa shape index (κ1) is 22.2. The zero-order chi connectivity index (χ0) is 21.2. The van der Waals surface area contributed by atoms with Crippen molar-refractivity contribution in [3.8, 4) is 5.75 Å². The second-order valence-electron chi connectivity index (χ2n) is 7.47. The van der Waals surface area contributed by atoms with Crippen LogP contribution in [0.4, 0.5) is 4.39 Å². The first-order valence-corrected chi connectivity index (χ1v) is 10.3. The lowest BCUT2D eigenvalue weighted by atomic mass is 10.1. The fraction of sp³-hybridized carbons (Fsp3) is 0.435. The largest absolute Gasteiger partial charge is 0.492 e. The minimum absolute atomic E-state index is 0.0274. The maximum Gasteiger partial charge on any atom is 0.234 e. The molecule has 0 bridgehead atoms. The molecule has 30 heavy (non-hydrogen) atoms. The molecular weight excluding hydrogens is 385 g/mol. The number of rotatable bonds is 10. The molecule has 1 saturated heterocycles. The van der Waals surface area contributed by atoms with Gasteiger partial charge < -0.3 is 14.8 Å². The topological polar surface area (TPSA) is 54.0 Å². The second kappa shape index (κ2) is 11.6. The molecule has 1 amide bonds. The van der Waals surface area contributed by atoms with E-state index in [9.17, 15) is 9.18 Å². The molecule has 0 unspecified atom stereocenters. The van der Waals surface area contributed by atoms with Crippen LogP contribution in [0.3, 0.4) is 0 Å². The molecule has 6 nitrogen and oxygen atoms in total. The molecule has 0 atom stereocenters. The highest BCUT2D eigenvalue weighted by atomic mass is 19.1. The molecule has 0 aromatic heterocycles. The number of morpholine rings is 1. The number of ether oxygens (including phenoxy) is 2. The van der Waals surface area contributed by atoms with Crippen LogP contribution in [-0.2, 0) is 22.6 Å². The molecule has 1 N–H and O–H groups in total. The predicted octanol–water partition coefficient (Wildman–Crippen LogP) is 2.28. The molecule has 0 spiro atoms. The maximum absolute atomic E-state index is 12.9. The zero-order valence-electron chi connectivity index (χ0n) is 17.5. The third kappa shape index (κ3) is 7.40. The van der Waals surface area contributed by atoms with E-state index in [1.54, 1.807) is 12.1 Å². The molecule has 1 aliphatic heterocycles. The summed E-state index contributed by atoms with van der Waals surface area (Å²) in [6, 6.07) is 14.1. The molecular formula is C23H30FN3O3. The standard InChI is InChI=1S/C23H30FN3O3/c1-26(10-15-30-22-8-6-21(24)7-9-22)18-23(28)25-16-19-4-2-3-5-20(19)17-27-11-13-29-14-12-27/h2-9H,10-18H2,1H3,(H,25,28). The Kier molecular flexibility index (Phi) is 8.62. The molecule has 7 heteroatoms. The molecule has 2 aromatic carbocycles. The third-order valence-electron chi connectivity index (χ3n) is 5.06. The Bertz CT molecular complexity index is 795. The normalized spacial score (nSPS) is 14.6. The van der Waals surface area contributed by atoms with Crippen molar-refractivity contribution in [2.24, 2.45) is 0 Å². The van der Waals surface area contributed by atoms with Gasteiger partial charge >= 0.3 is 0 Å². The van der Waals surface area contributed by atoms with Crippen LogP contribution in [0, 0.1) is 5.82 Å². The van der Waals surface area contributed by atoms with Gasteiger partial charge in [0, 0.05) is 32.7 Å². The average molecular weight is 416 g/mol. The van der Waals surface area contributed by atoms with E-state index in [0.717, 1.165) is 38.4 Å². The van der Waals surface area contributed by atoms with Gasteiger partial charge in [0.2, 0.25) is 5.91 Å². The fourth-order valence-corrected chi connectivity index (χ4v) is 3.31. The number of carbonyl (C=O) groups is 1. The van der Waals surface area contributed by atoms with E-state index in [4.69, 9.17) is 9.47 Å². The van der Waals surface area contributed by atoms with Crippen molar-refractivity contribution in [1.82, 2.24) is 15.1 Å². The van der Waals surface area contributed by atoms with Crippen molar-refractivity contribution < 1.29 is 18.7 Å². The van der Waals surface area contributed by atoms with Crippen LogP contribution in [0.25, 0.3) is 0 Å². The van der Waals surface area contributed by atoms with Crippen molar-refractivity contribution >= 4 is 5.91 Å². The van der Waals surface area contributed by atoms with Crippen LogP contribution in [0.2, 0.25) is 0 Å². The zero-order valence-corrected chi connectivity index (χ0v) is 17.5. The molecule has 0 aliphatic carbocycles. The lowest BCUT2D eigenvalue weighted by Gasteiger charge is -2.27. The van der Waals surface area contributed by atoms with Crippen molar-refractivity contribution in [2.45, 2.75) is 13.1 Å². The highest BCUT2D eigenvalue weighted by Crippen LogP contribution is 2.13. The summed E-state index contributed by atoms with van der Waals surface area (Å²) in [6.45, 7) is 6.12. The van der Waals surface area contributed by atoms with E-state index in [2.05, 4.69) is 22.3 Å². The van der Waals surface area contributed by atoms with Gasteiger partial charge in [-0.1, -0.05) is 24.3 Å². The minimum Gasteiger partial charge on any atom is -0.492 e. The Labute approximate surface area is 177 Å². The van der Waals surface area contributed by atoms with Crippen molar-refractivity contribution in [1.29, 1.82) is 0 Å². The smallest absolute Gasteiger partial charge is 0.234 e. The molecule has 0 radical (unpaired) electrons. The molecule has 1 aliphatic rings. The number of carbonyl (C=O) groups excluding carboxylic acids is 1. The van der Waals surface area contributed by atoms with Crippen LogP contribution < -0.4 is 10.1 Å². The van der Waals surface area contributed by atoms with Crippen LogP contribution in [-0.4, -0.2) is 68.8 Å². The summed E-state index contributed by atoms with van der Waals surface area (Å²) in [6.07, 6.45) is 0. The second-order valence-corrected chi connectivity index (χ2v) is 7.47. The Hall–Kier alpha value is -2.48. The predicted molar refractivity (Wildman–Crippen MR) is 114 cm³/mol. The number of benzene rings is 2. The fourth-order valence-electron chi connectivity index (χ4n) is 3.31. The van der Waals surface area contributed by atoms with Gasteiger partial charge in [-0.25, -0.2) is 4.39 Å². The Morgan fingerprint density at radius 1 is 1.13 bits per heavy atom. The molecule has 162 valence electrons. The number of nitrogens with one attached hydrogen (secondary N) is 1. The Morgan fingerprint density at radius 2 is 1.83 bits per heavy atom. The summed E-state index contributed by atoms with van der Waals surface area (Å²) in [7, 11) is 1.87. The van der Waals surface area contributed by atoms with E-state index >= 15 is 0 Å². The van der Waals surface area contributed by atoms with E-state index in [1.165, 1.54) is 17.7 Å². The van der Waals surface area contributed by atoms with Gasteiger partial charge in [0.15, 0.2) is 0 Å². The Balaban J connectivity index is 1.39. The summed E-state index contributed by atoms with van der Waals surface area (Å²) < 4.78 is 23.9. The first-order valence-electron chi connectivity index (χ1n) is 10.3. The van der Waals surface area contributed by atoms with E-state index in [0.29, 0.717) is 32.0 Å². The third-order valence-corrected chi connectivity index (χ3v) is 5.06. The minimum atomic E-state index is -0.289. The monoisotopic (exact) mass is 415 g/mol. The first-order chi connectivity index (χ1) is 14.6. The van der Waals surface area contributed by atoms with Crippen molar-refractivity contribution in [2.75, 3.05) is 53.0 Å². The van der Waals surface area contributed by atoms with Crippen LogP contribution in [0.5, 0.6) is 5.75 Å². The van der Waals surface area contributed by atoms with Gasteiger partial charge in [-0.2, -0.15) is 0 Å². The van der Waals surface area contributed by atoms with E-state index < -0.39 is 0 Å². The number of hydrogen-bond acceptors (Lipinski definition) is 5. The number of nitrogens with zero attached hydrogens (tertiary/aromatic N) is 2. The summed E-state index contributed by atoms with van der Waals surface area (Å²) in [5.41, 5.74) is 2.38. The van der Waals surface area contributed by atoms with Crippen LogP contribution in [0.1, 0.15) is 11.1 Å². The van der Waals surface area contributed by atoms with Crippen LogP contribution in [0.15, 0.2) is 48.5 Å². The molecule has 1 fully saturated rings. The quantitative estimate of drug-likeness (QED) is 0.645. The van der Waals surface area contributed by atoms with E-state index in [-0.39, 0.29) is 11.7 Å². The summed E-state index contributed by atoms with van der Waals surface area (Å²) in [5.74, 6) is 0.300. The van der Waals surface area contributed by atoms with Gasteiger partial charge in [-0.15, -0.1) is 0 Å². The molecule has 3 rings (SSSR count). The summed E-state index contributed by atoms with van der Waals surface area (Å²) in [5, 5.41) is 3.02. The van der Waals surface area contributed by atoms with Gasteiger partial charge in [0.25, 0.3) is 0 Å². The van der Waals surface area contributed by atoms with Crippen LogP contribution >= 0.6 is 0 Å². The lowest BCUT2D eigenvalue weighted by Crippen LogP contribution is -2.37. The van der Waals surface area contributed by atoms with E-state index in [1.807, 2.05) is 24.1 Å². The van der Waals surface area contributed by atoms with Gasteiger partial charge in [0.05, 0.1) is 19.8 Å². The number of amides is 1. The van der Waals surface area contributed by atoms with Crippen molar-refractivity contribution in [3.63, 3.8) is 0 Å². The van der Waals surface area contributed by atoms with Gasteiger partial charge in [-0.05, 0) is 42.4 Å². The SMILES string of the molecule is CN(CCOc1ccc(F)cc1)CC(=O)NCc1ccccc1CN1CCOCC1. The lowest BCUT2D eigenvalue weighted by molar-refractivity contribution is -0.122. The number of likely N-dealkylation sites (N-methyl/N-ethyl adjacent to an activating group) is 1. The summed E-state index contributed by atoms with van der Waals surface area (Å²) >= 11 is 0. The highest BCUT2D eigenvalue weighted by molar-refractivity contribution is 5.78. The van der Waals surface area contributed by atoms with Gasteiger partial charge in [0.1, 0.15) is 18.2 Å². The summed E-state index contributed by atoms with van der Waals surface area (Å²) in [4.78, 5) is 16.6. The average Bonchev–Trinajstić information content (AvgIpc) is 2.75. The molecule has 2 aromatic rings. The van der Waals surface area contributed by atoms with Crippen molar-refractivity contribution in [3.05, 3.63) is 65.5 Å². The highest BCUT2D eigenvalue weighted by Gasteiger charge is 2.13. The molecule has 1 heterocycles.